The first-order valence-corrected chi connectivity index (χ1v) is 4.88. The van der Waals surface area contributed by atoms with E-state index in [2.05, 4.69) is 5.32 Å². The van der Waals surface area contributed by atoms with Gasteiger partial charge in [0.15, 0.2) is 0 Å². The van der Waals surface area contributed by atoms with E-state index in [1.165, 1.54) is 0 Å². The molecule has 0 unspecified atom stereocenters. The van der Waals surface area contributed by atoms with Crippen LogP contribution in [0.2, 0.25) is 0 Å². The first-order valence-electron chi connectivity index (χ1n) is 4.88. The molecule has 0 atom stereocenters. The number of carbonyl (C=O) groups is 2. The van der Waals surface area contributed by atoms with E-state index in [9.17, 15) is 9.59 Å². The minimum Gasteiger partial charge on any atom is -0.480 e. The zero-order valence-electron chi connectivity index (χ0n) is 8.90. The summed E-state index contributed by atoms with van der Waals surface area (Å²) in [6, 6.07) is 7.03. The number of carbonyl (C=O) groups excluding carboxylic acids is 1. The van der Waals surface area contributed by atoms with E-state index in [1.807, 2.05) is 19.1 Å². The number of aliphatic carboxylic acids is 1. The van der Waals surface area contributed by atoms with E-state index in [4.69, 9.17) is 9.84 Å². The Bertz CT molecular complexity index is 372. The molecule has 0 heterocycles. The molecule has 5 heteroatoms. The third kappa shape index (κ3) is 4.00. The second kappa shape index (κ2) is 5.75. The van der Waals surface area contributed by atoms with Crippen molar-refractivity contribution in [3.05, 3.63) is 29.8 Å². The predicted octanol–water partition coefficient (Wildman–Crippen LogP) is 1.42. The van der Waals surface area contributed by atoms with E-state index in [1.54, 1.807) is 12.1 Å². The van der Waals surface area contributed by atoms with Crippen molar-refractivity contribution in [3.8, 4) is 5.75 Å². The lowest BCUT2D eigenvalue weighted by Gasteiger charge is -2.05. The molecule has 0 aliphatic heterocycles. The Kier molecular flexibility index (Phi) is 4.32. The summed E-state index contributed by atoms with van der Waals surface area (Å²) >= 11 is 0. The number of hydrogen-bond donors (Lipinski definition) is 2. The third-order valence-corrected chi connectivity index (χ3v) is 1.93. The molecule has 0 aliphatic carbocycles. The molecular weight excluding hydrogens is 210 g/mol. The summed E-state index contributed by atoms with van der Waals surface area (Å²) in [7, 11) is 0. The highest BCUT2D eigenvalue weighted by atomic mass is 16.6. The number of aryl methyl sites for hydroxylation is 1. The number of ether oxygens (including phenoxy) is 1. The highest BCUT2D eigenvalue weighted by molar-refractivity contribution is 5.77. The molecule has 1 aromatic rings. The van der Waals surface area contributed by atoms with Crippen LogP contribution in [0.15, 0.2) is 24.3 Å². The summed E-state index contributed by atoms with van der Waals surface area (Å²) < 4.78 is 4.85. The minimum atomic E-state index is -1.11. The van der Waals surface area contributed by atoms with Crippen LogP contribution < -0.4 is 10.1 Å². The van der Waals surface area contributed by atoms with Crippen LogP contribution in [0.25, 0.3) is 0 Å². The molecule has 0 saturated carbocycles. The van der Waals surface area contributed by atoms with E-state index >= 15 is 0 Å². The quantitative estimate of drug-likeness (QED) is 0.809. The lowest BCUT2D eigenvalue weighted by Crippen LogP contribution is -2.31. The molecule has 0 aliphatic rings. The summed E-state index contributed by atoms with van der Waals surface area (Å²) in [6.07, 6.45) is 0.137. The zero-order valence-corrected chi connectivity index (χ0v) is 8.90. The van der Waals surface area contributed by atoms with Gasteiger partial charge in [0, 0.05) is 0 Å². The highest BCUT2D eigenvalue weighted by Crippen LogP contribution is 2.12. The van der Waals surface area contributed by atoms with Crippen molar-refractivity contribution in [2.24, 2.45) is 0 Å². The molecule has 1 rings (SSSR count). The fourth-order valence-corrected chi connectivity index (χ4v) is 1.08. The molecule has 0 saturated heterocycles. The Hall–Kier alpha value is -2.04. The van der Waals surface area contributed by atoms with E-state index < -0.39 is 18.6 Å². The number of carboxylic acid groups (broad SMARTS) is 1. The SMILES string of the molecule is CCc1ccc(OC(=O)NCC(=O)O)cc1. The van der Waals surface area contributed by atoms with Crippen LogP contribution in [0, 0.1) is 0 Å². The van der Waals surface area contributed by atoms with Gasteiger partial charge in [-0.05, 0) is 24.1 Å². The maximum absolute atomic E-state index is 11.1. The first-order chi connectivity index (χ1) is 7.61. The van der Waals surface area contributed by atoms with Crippen LogP contribution in [-0.2, 0) is 11.2 Å². The fraction of sp³-hybridized carbons (Fsp3) is 0.273. The molecule has 1 amide bonds. The van der Waals surface area contributed by atoms with Crippen LogP contribution in [0.4, 0.5) is 4.79 Å². The Morgan fingerprint density at radius 3 is 2.44 bits per heavy atom. The standard InChI is InChI=1S/C11H13NO4/c1-2-8-3-5-9(6-4-8)16-11(15)12-7-10(13)14/h3-6H,2,7H2,1H3,(H,12,15)(H,13,14). The topological polar surface area (TPSA) is 75.6 Å². The number of rotatable bonds is 4. The van der Waals surface area contributed by atoms with Gasteiger partial charge in [-0.15, -0.1) is 0 Å². The number of benzene rings is 1. The average molecular weight is 223 g/mol. The van der Waals surface area contributed by atoms with Crippen molar-refractivity contribution in [2.45, 2.75) is 13.3 Å². The van der Waals surface area contributed by atoms with Gasteiger partial charge in [-0.2, -0.15) is 0 Å². The summed E-state index contributed by atoms with van der Waals surface area (Å²) in [6.45, 7) is 1.57. The van der Waals surface area contributed by atoms with Gasteiger partial charge < -0.3 is 15.2 Å². The van der Waals surface area contributed by atoms with Crippen LogP contribution in [0.1, 0.15) is 12.5 Å². The van der Waals surface area contributed by atoms with Crippen molar-refractivity contribution in [2.75, 3.05) is 6.54 Å². The minimum absolute atomic E-state index is 0.389. The van der Waals surface area contributed by atoms with Crippen molar-refractivity contribution < 1.29 is 19.4 Å². The molecule has 0 fully saturated rings. The largest absolute Gasteiger partial charge is 0.480 e. The number of amides is 1. The van der Waals surface area contributed by atoms with Crippen LogP contribution >= 0.6 is 0 Å². The Balaban J connectivity index is 2.46. The summed E-state index contributed by atoms with van der Waals surface area (Å²) in [5.41, 5.74) is 1.14. The van der Waals surface area contributed by atoms with Gasteiger partial charge in [-0.1, -0.05) is 19.1 Å². The van der Waals surface area contributed by atoms with E-state index in [0.717, 1.165) is 12.0 Å². The molecule has 0 aromatic heterocycles. The van der Waals surface area contributed by atoms with E-state index in [0.29, 0.717) is 5.75 Å². The smallest absolute Gasteiger partial charge is 0.413 e. The maximum Gasteiger partial charge on any atom is 0.413 e. The molecule has 86 valence electrons. The fourth-order valence-electron chi connectivity index (χ4n) is 1.08. The van der Waals surface area contributed by atoms with Gasteiger partial charge in [0.2, 0.25) is 0 Å². The second-order valence-electron chi connectivity index (χ2n) is 3.13. The lowest BCUT2D eigenvalue weighted by molar-refractivity contribution is -0.135. The van der Waals surface area contributed by atoms with Gasteiger partial charge in [0.25, 0.3) is 0 Å². The van der Waals surface area contributed by atoms with Gasteiger partial charge in [0.05, 0.1) is 0 Å². The monoisotopic (exact) mass is 223 g/mol. The average Bonchev–Trinajstić information content (AvgIpc) is 2.27. The maximum atomic E-state index is 11.1. The van der Waals surface area contributed by atoms with Crippen molar-refractivity contribution >= 4 is 12.1 Å². The Morgan fingerprint density at radius 1 is 1.31 bits per heavy atom. The Morgan fingerprint density at radius 2 is 1.94 bits per heavy atom. The number of carboxylic acids is 1. The van der Waals surface area contributed by atoms with Gasteiger partial charge in [-0.25, -0.2) is 4.79 Å². The normalized spacial score (nSPS) is 9.56. The second-order valence-corrected chi connectivity index (χ2v) is 3.13. The molecule has 0 bridgehead atoms. The highest BCUT2D eigenvalue weighted by Gasteiger charge is 2.05. The van der Waals surface area contributed by atoms with Crippen molar-refractivity contribution in [3.63, 3.8) is 0 Å². The zero-order chi connectivity index (χ0) is 12.0. The third-order valence-electron chi connectivity index (χ3n) is 1.93. The molecule has 1 aromatic carbocycles. The van der Waals surface area contributed by atoms with Gasteiger partial charge in [0.1, 0.15) is 12.3 Å². The molecule has 2 N–H and O–H groups in total. The van der Waals surface area contributed by atoms with Gasteiger partial charge in [-0.3, -0.25) is 4.79 Å². The molecular formula is C11H13NO4. The predicted molar refractivity (Wildman–Crippen MR) is 57.5 cm³/mol. The molecule has 5 nitrogen and oxygen atoms in total. The molecule has 0 radical (unpaired) electrons. The summed E-state index contributed by atoms with van der Waals surface area (Å²) in [4.78, 5) is 21.2. The number of nitrogens with one attached hydrogen (secondary N) is 1. The van der Waals surface area contributed by atoms with Crippen LogP contribution in [0.5, 0.6) is 5.75 Å². The van der Waals surface area contributed by atoms with Crippen LogP contribution in [0.3, 0.4) is 0 Å². The molecule has 0 spiro atoms. The first kappa shape index (κ1) is 12.0. The van der Waals surface area contributed by atoms with E-state index in [-0.39, 0.29) is 0 Å². The summed E-state index contributed by atoms with van der Waals surface area (Å²) in [5, 5.41) is 10.4. The lowest BCUT2D eigenvalue weighted by atomic mass is 10.2. The van der Waals surface area contributed by atoms with Gasteiger partial charge >= 0.3 is 12.1 Å². The Labute approximate surface area is 93.0 Å². The number of hydrogen-bond acceptors (Lipinski definition) is 3. The summed E-state index contributed by atoms with van der Waals surface area (Å²) in [5.74, 6) is -0.724. The van der Waals surface area contributed by atoms with Crippen molar-refractivity contribution in [1.29, 1.82) is 0 Å². The van der Waals surface area contributed by atoms with Crippen LogP contribution in [-0.4, -0.2) is 23.7 Å². The van der Waals surface area contributed by atoms with Crippen molar-refractivity contribution in [1.82, 2.24) is 5.32 Å². The molecule has 16 heavy (non-hydrogen) atoms.